The molecule has 2 heterocycles. The maximum absolute atomic E-state index is 12.9. The molecule has 0 aromatic heterocycles. The quantitative estimate of drug-likeness (QED) is 0.756. The SMILES string of the molecule is COC(=O)C1CCN(C(=O)C2CCCN(Cc3ccccc3Cl)C2)CC1. The number of amides is 1. The minimum Gasteiger partial charge on any atom is -0.469 e. The molecule has 1 aromatic carbocycles. The molecule has 0 N–H and O–H groups in total. The van der Waals surface area contributed by atoms with Gasteiger partial charge in [-0.05, 0) is 43.9 Å². The second-order valence-electron chi connectivity index (χ2n) is 7.29. The highest BCUT2D eigenvalue weighted by atomic mass is 35.5. The highest BCUT2D eigenvalue weighted by molar-refractivity contribution is 6.31. The van der Waals surface area contributed by atoms with Crippen molar-refractivity contribution in [3.8, 4) is 0 Å². The fourth-order valence-corrected chi connectivity index (χ4v) is 4.22. The summed E-state index contributed by atoms with van der Waals surface area (Å²) in [7, 11) is 1.43. The number of esters is 1. The third kappa shape index (κ3) is 4.57. The van der Waals surface area contributed by atoms with E-state index in [9.17, 15) is 9.59 Å². The molecule has 2 aliphatic heterocycles. The molecule has 5 nitrogen and oxygen atoms in total. The molecule has 2 fully saturated rings. The number of methoxy groups -OCH3 is 1. The Morgan fingerprint density at radius 1 is 1.12 bits per heavy atom. The van der Waals surface area contributed by atoms with Gasteiger partial charge in [0.05, 0.1) is 18.9 Å². The van der Waals surface area contributed by atoms with Crippen molar-refractivity contribution in [2.45, 2.75) is 32.2 Å². The number of piperidine rings is 2. The monoisotopic (exact) mass is 378 g/mol. The van der Waals surface area contributed by atoms with E-state index in [1.807, 2.05) is 29.2 Å². The minimum atomic E-state index is -0.152. The Morgan fingerprint density at radius 2 is 1.85 bits per heavy atom. The summed E-state index contributed by atoms with van der Waals surface area (Å²) >= 11 is 6.28. The molecule has 0 spiro atoms. The van der Waals surface area contributed by atoms with Gasteiger partial charge in [0.1, 0.15) is 0 Å². The second kappa shape index (κ2) is 8.87. The average Bonchev–Trinajstić information content (AvgIpc) is 2.69. The molecule has 26 heavy (non-hydrogen) atoms. The van der Waals surface area contributed by atoms with Crippen LogP contribution in [0.4, 0.5) is 0 Å². The molecule has 1 amide bonds. The molecular weight excluding hydrogens is 352 g/mol. The summed E-state index contributed by atoms with van der Waals surface area (Å²) in [5, 5.41) is 0.783. The summed E-state index contributed by atoms with van der Waals surface area (Å²) < 4.78 is 4.82. The molecule has 0 radical (unpaired) electrons. The predicted molar refractivity (Wildman–Crippen MR) is 101 cm³/mol. The Labute approximate surface area is 160 Å². The lowest BCUT2D eigenvalue weighted by Crippen LogP contribution is -2.47. The number of carbonyl (C=O) groups excluding carboxylic acids is 2. The van der Waals surface area contributed by atoms with Crippen LogP contribution in [0.25, 0.3) is 0 Å². The average molecular weight is 379 g/mol. The Morgan fingerprint density at radius 3 is 2.54 bits per heavy atom. The van der Waals surface area contributed by atoms with Crippen LogP contribution in [0, 0.1) is 11.8 Å². The van der Waals surface area contributed by atoms with Crippen molar-refractivity contribution in [1.29, 1.82) is 0 Å². The van der Waals surface area contributed by atoms with Gasteiger partial charge in [-0.1, -0.05) is 29.8 Å². The van der Waals surface area contributed by atoms with Crippen LogP contribution in [0.15, 0.2) is 24.3 Å². The van der Waals surface area contributed by atoms with Gasteiger partial charge in [-0.15, -0.1) is 0 Å². The van der Waals surface area contributed by atoms with E-state index in [-0.39, 0.29) is 23.7 Å². The van der Waals surface area contributed by atoms with E-state index in [1.165, 1.54) is 7.11 Å². The number of halogens is 1. The summed E-state index contributed by atoms with van der Waals surface area (Å²) in [6, 6.07) is 7.89. The smallest absolute Gasteiger partial charge is 0.308 e. The Kier molecular flexibility index (Phi) is 6.54. The van der Waals surface area contributed by atoms with E-state index in [1.54, 1.807) is 0 Å². The number of benzene rings is 1. The van der Waals surface area contributed by atoms with Gasteiger partial charge in [0.2, 0.25) is 5.91 Å². The number of ether oxygens (including phenoxy) is 1. The Balaban J connectivity index is 1.54. The van der Waals surface area contributed by atoms with Crippen molar-refractivity contribution in [3.63, 3.8) is 0 Å². The summed E-state index contributed by atoms with van der Waals surface area (Å²) in [6.07, 6.45) is 3.37. The third-order valence-electron chi connectivity index (χ3n) is 5.55. The summed E-state index contributed by atoms with van der Waals surface area (Å²) in [4.78, 5) is 28.8. The second-order valence-corrected chi connectivity index (χ2v) is 7.70. The van der Waals surface area contributed by atoms with Gasteiger partial charge in [-0.2, -0.15) is 0 Å². The van der Waals surface area contributed by atoms with E-state index in [0.717, 1.165) is 43.1 Å². The van der Waals surface area contributed by atoms with Gasteiger partial charge in [-0.25, -0.2) is 0 Å². The summed E-state index contributed by atoms with van der Waals surface area (Å²) in [5.41, 5.74) is 1.11. The van der Waals surface area contributed by atoms with Crippen LogP contribution < -0.4 is 0 Å². The number of carbonyl (C=O) groups is 2. The maximum atomic E-state index is 12.9. The van der Waals surface area contributed by atoms with Crippen LogP contribution in [0.5, 0.6) is 0 Å². The fourth-order valence-electron chi connectivity index (χ4n) is 4.03. The minimum absolute atomic E-state index is 0.0425. The standard InChI is InChI=1S/C20H27ClN2O3/c1-26-20(25)15-8-11-23(12-9-15)19(24)17-6-4-10-22(14-17)13-16-5-2-3-7-18(16)21/h2-3,5,7,15,17H,4,6,8-14H2,1H3. The van der Waals surface area contributed by atoms with Gasteiger partial charge in [-0.3, -0.25) is 14.5 Å². The van der Waals surface area contributed by atoms with Gasteiger partial charge in [0.25, 0.3) is 0 Å². The van der Waals surface area contributed by atoms with Crippen molar-refractivity contribution in [2.24, 2.45) is 11.8 Å². The van der Waals surface area contributed by atoms with Crippen LogP contribution in [-0.2, 0) is 20.9 Å². The molecule has 142 valence electrons. The lowest BCUT2D eigenvalue weighted by Gasteiger charge is -2.37. The van der Waals surface area contributed by atoms with E-state index >= 15 is 0 Å². The highest BCUT2D eigenvalue weighted by Gasteiger charge is 2.33. The summed E-state index contributed by atoms with van der Waals surface area (Å²) in [6.45, 7) is 3.87. The third-order valence-corrected chi connectivity index (χ3v) is 5.92. The molecule has 1 aromatic rings. The molecule has 0 saturated carbocycles. The maximum Gasteiger partial charge on any atom is 0.308 e. The first kappa shape index (κ1) is 19.2. The van der Waals surface area contributed by atoms with Crippen LogP contribution >= 0.6 is 11.6 Å². The lowest BCUT2D eigenvalue weighted by molar-refractivity contribution is -0.150. The molecule has 6 heteroatoms. The highest BCUT2D eigenvalue weighted by Crippen LogP contribution is 2.25. The normalized spacial score (nSPS) is 22.2. The number of hydrogen-bond acceptors (Lipinski definition) is 4. The first-order valence-electron chi connectivity index (χ1n) is 9.41. The van der Waals surface area contributed by atoms with E-state index in [0.29, 0.717) is 25.9 Å². The molecule has 3 rings (SSSR count). The zero-order valence-electron chi connectivity index (χ0n) is 15.3. The molecule has 0 aliphatic carbocycles. The number of hydrogen-bond donors (Lipinski definition) is 0. The summed E-state index contributed by atoms with van der Waals surface area (Å²) in [5.74, 6) is 0.0610. The van der Waals surface area contributed by atoms with E-state index in [4.69, 9.17) is 16.3 Å². The largest absolute Gasteiger partial charge is 0.469 e. The van der Waals surface area contributed by atoms with Gasteiger partial charge >= 0.3 is 5.97 Å². The van der Waals surface area contributed by atoms with Crippen molar-refractivity contribution in [2.75, 3.05) is 33.3 Å². The Hall–Kier alpha value is -1.59. The van der Waals surface area contributed by atoms with Crippen LogP contribution in [0.2, 0.25) is 5.02 Å². The number of likely N-dealkylation sites (tertiary alicyclic amines) is 2. The van der Waals surface area contributed by atoms with Crippen LogP contribution in [0.3, 0.4) is 0 Å². The fraction of sp³-hybridized carbons (Fsp3) is 0.600. The van der Waals surface area contributed by atoms with Crippen molar-refractivity contribution in [3.05, 3.63) is 34.9 Å². The first-order chi connectivity index (χ1) is 12.6. The van der Waals surface area contributed by atoms with Crippen molar-refractivity contribution >= 4 is 23.5 Å². The zero-order valence-corrected chi connectivity index (χ0v) is 16.1. The van der Waals surface area contributed by atoms with Gasteiger partial charge in [0, 0.05) is 31.2 Å². The van der Waals surface area contributed by atoms with Crippen molar-refractivity contribution < 1.29 is 14.3 Å². The molecule has 2 saturated heterocycles. The van der Waals surface area contributed by atoms with E-state index < -0.39 is 0 Å². The zero-order chi connectivity index (χ0) is 18.5. The first-order valence-corrected chi connectivity index (χ1v) is 9.78. The predicted octanol–water partition coefficient (Wildman–Crippen LogP) is 2.96. The molecule has 1 unspecified atom stereocenters. The molecule has 1 atom stereocenters. The lowest BCUT2D eigenvalue weighted by atomic mass is 9.92. The topological polar surface area (TPSA) is 49.9 Å². The molecule has 0 bridgehead atoms. The van der Waals surface area contributed by atoms with Gasteiger partial charge in [0.15, 0.2) is 0 Å². The van der Waals surface area contributed by atoms with Crippen molar-refractivity contribution in [1.82, 2.24) is 9.80 Å². The number of rotatable bonds is 4. The van der Waals surface area contributed by atoms with Gasteiger partial charge < -0.3 is 9.64 Å². The Bertz CT molecular complexity index is 644. The van der Waals surface area contributed by atoms with E-state index in [2.05, 4.69) is 4.90 Å². The molecule has 2 aliphatic rings. The van der Waals surface area contributed by atoms with Crippen LogP contribution in [-0.4, -0.2) is 55.0 Å². The molecular formula is C20H27ClN2O3. The van der Waals surface area contributed by atoms with Crippen LogP contribution in [0.1, 0.15) is 31.2 Å². The number of nitrogens with zero attached hydrogens (tertiary/aromatic N) is 2.